The fourth-order valence-electron chi connectivity index (χ4n) is 13.5. The molecule has 1 amide bonds. The Kier molecular flexibility index (Phi) is 67.9. The van der Waals surface area contributed by atoms with Crippen LogP contribution in [-0.4, -0.2) is 87.5 Å². The van der Waals surface area contributed by atoms with Gasteiger partial charge in [-0.15, -0.1) is 0 Å². The standard InChI is InChI=1S/C81H157NO8/c1-3-5-7-9-11-13-15-17-19-21-23-25-27-29-31-33-34-35-36-37-38-39-40-41-42-43-45-47-49-51-53-55-57-59-61-63-65-67-69-71-77(85)82-74(73-89-81-80(88)79(87)78(86)76(72-83)90-81)75(84)70-68-66-64-62-60-58-56-54-52-50-48-46-44-32-30-28-26-24-22-20-18-16-14-12-10-8-6-4-2/h60,62,68,70,74-76,78-81,83-84,86-88H,3-59,61,63-67,69,71-73H2,1-2H3,(H,82,85)/b62-60+,70-68+. The SMILES string of the molecule is CCCCCCCCCCCCCCCCCCCCCCCC/C=C/CC/C=C/C(O)C(COC1OC(CO)C(O)C(O)C1O)NC(=O)CCCCCCCCCCCCCCCCCCCCCCCCCCCCCCCCCCCCCCCCC. The van der Waals surface area contributed by atoms with Gasteiger partial charge in [0.1, 0.15) is 24.4 Å². The Hall–Kier alpha value is -1.33. The second kappa shape index (κ2) is 70.5. The third-order valence-electron chi connectivity index (χ3n) is 19.8. The van der Waals surface area contributed by atoms with Crippen LogP contribution in [0.3, 0.4) is 0 Å². The van der Waals surface area contributed by atoms with Crippen LogP contribution in [0.4, 0.5) is 0 Å². The fourth-order valence-corrected chi connectivity index (χ4v) is 13.5. The predicted octanol–water partition coefficient (Wildman–Crippen LogP) is 23.2. The first kappa shape index (κ1) is 86.7. The third kappa shape index (κ3) is 58.1. The molecule has 1 aliphatic rings. The molecule has 6 N–H and O–H groups in total. The van der Waals surface area contributed by atoms with Crippen LogP contribution in [0.5, 0.6) is 0 Å². The van der Waals surface area contributed by atoms with Gasteiger partial charge >= 0.3 is 0 Å². The van der Waals surface area contributed by atoms with E-state index < -0.39 is 49.5 Å². The van der Waals surface area contributed by atoms with Crippen molar-refractivity contribution >= 4 is 5.91 Å². The molecule has 0 spiro atoms. The lowest BCUT2D eigenvalue weighted by Crippen LogP contribution is -2.60. The molecular weight excluding hydrogens is 1110 g/mol. The average Bonchev–Trinajstić information content (AvgIpc) is 1.33. The summed E-state index contributed by atoms with van der Waals surface area (Å²) >= 11 is 0. The molecule has 0 aromatic carbocycles. The number of nitrogens with one attached hydrogen (secondary N) is 1. The highest BCUT2D eigenvalue weighted by Gasteiger charge is 2.44. The summed E-state index contributed by atoms with van der Waals surface area (Å²) in [4.78, 5) is 13.2. The van der Waals surface area contributed by atoms with Gasteiger partial charge in [0.15, 0.2) is 6.29 Å². The number of allylic oxidation sites excluding steroid dienone is 3. The summed E-state index contributed by atoms with van der Waals surface area (Å²) in [6.07, 6.45) is 87.8. The number of amides is 1. The average molecular weight is 1270 g/mol. The van der Waals surface area contributed by atoms with Gasteiger partial charge in [0.2, 0.25) is 5.91 Å². The lowest BCUT2D eigenvalue weighted by Gasteiger charge is -2.40. The van der Waals surface area contributed by atoms with Gasteiger partial charge in [-0.3, -0.25) is 4.79 Å². The van der Waals surface area contributed by atoms with Crippen LogP contribution in [0.15, 0.2) is 24.3 Å². The van der Waals surface area contributed by atoms with E-state index in [1.165, 1.54) is 372 Å². The molecule has 0 bridgehead atoms. The maximum absolute atomic E-state index is 13.2. The van der Waals surface area contributed by atoms with Crippen LogP contribution in [0, 0.1) is 0 Å². The number of hydrogen-bond donors (Lipinski definition) is 6. The first-order valence-electron chi connectivity index (χ1n) is 40.6. The first-order chi connectivity index (χ1) is 44.3. The molecule has 0 aliphatic carbocycles. The number of carbonyl (C=O) groups excluding carboxylic acids is 1. The number of aliphatic hydroxyl groups is 5. The van der Waals surface area contributed by atoms with Gasteiger partial charge in [-0.2, -0.15) is 0 Å². The Morgan fingerprint density at radius 2 is 0.633 bits per heavy atom. The summed E-state index contributed by atoms with van der Waals surface area (Å²) in [6.45, 7) is 3.84. The van der Waals surface area contributed by atoms with Crippen molar-refractivity contribution in [1.29, 1.82) is 0 Å². The van der Waals surface area contributed by atoms with Crippen LogP contribution in [0.2, 0.25) is 0 Å². The van der Waals surface area contributed by atoms with E-state index in [1.807, 2.05) is 6.08 Å². The molecule has 9 nitrogen and oxygen atoms in total. The summed E-state index contributed by atoms with van der Waals surface area (Å²) in [5.74, 6) is -0.176. The minimum absolute atomic E-state index is 0.176. The molecule has 0 aromatic heterocycles. The van der Waals surface area contributed by atoms with Crippen molar-refractivity contribution in [3.05, 3.63) is 24.3 Å². The molecule has 0 saturated carbocycles. The van der Waals surface area contributed by atoms with Gasteiger partial charge < -0.3 is 40.3 Å². The summed E-state index contributed by atoms with van der Waals surface area (Å²) < 4.78 is 11.3. The van der Waals surface area contributed by atoms with E-state index in [0.29, 0.717) is 6.42 Å². The van der Waals surface area contributed by atoms with E-state index in [-0.39, 0.29) is 12.5 Å². The van der Waals surface area contributed by atoms with Gasteiger partial charge in [0, 0.05) is 6.42 Å². The lowest BCUT2D eigenvalue weighted by atomic mass is 9.99. The number of rotatable bonds is 73. The molecule has 1 aliphatic heterocycles. The number of aliphatic hydroxyl groups excluding tert-OH is 5. The topological polar surface area (TPSA) is 149 Å². The highest BCUT2D eigenvalue weighted by Crippen LogP contribution is 2.24. The quantitative estimate of drug-likeness (QED) is 0.0261. The minimum atomic E-state index is -1.57. The molecule has 7 atom stereocenters. The summed E-state index contributed by atoms with van der Waals surface area (Å²) in [6, 6.07) is -0.821. The van der Waals surface area contributed by atoms with Crippen LogP contribution < -0.4 is 5.32 Å². The van der Waals surface area contributed by atoms with E-state index in [2.05, 4.69) is 31.3 Å². The second-order valence-corrected chi connectivity index (χ2v) is 28.6. The normalized spacial score (nSPS) is 17.8. The number of ether oxygens (including phenoxy) is 2. The van der Waals surface area contributed by atoms with E-state index in [1.54, 1.807) is 6.08 Å². The Morgan fingerprint density at radius 3 is 0.933 bits per heavy atom. The van der Waals surface area contributed by atoms with Crippen LogP contribution in [0.1, 0.15) is 431 Å². The molecule has 0 radical (unpaired) electrons. The summed E-state index contributed by atoms with van der Waals surface area (Å²) in [5, 5.41) is 54.9. The molecule has 7 unspecified atom stereocenters. The van der Waals surface area contributed by atoms with Crippen molar-refractivity contribution in [2.45, 2.75) is 474 Å². The van der Waals surface area contributed by atoms with Gasteiger partial charge in [-0.1, -0.05) is 417 Å². The van der Waals surface area contributed by atoms with Crippen molar-refractivity contribution in [3.63, 3.8) is 0 Å². The molecule has 1 saturated heterocycles. The predicted molar refractivity (Wildman–Crippen MR) is 387 cm³/mol. The second-order valence-electron chi connectivity index (χ2n) is 28.6. The van der Waals surface area contributed by atoms with E-state index >= 15 is 0 Å². The smallest absolute Gasteiger partial charge is 0.220 e. The largest absolute Gasteiger partial charge is 0.394 e. The van der Waals surface area contributed by atoms with Crippen molar-refractivity contribution in [2.24, 2.45) is 0 Å². The highest BCUT2D eigenvalue weighted by atomic mass is 16.7. The summed E-state index contributed by atoms with van der Waals surface area (Å²) in [5.41, 5.74) is 0. The Balaban J connectivity index is 2.05. The maximum Gasteiger partial charge on any atom is 0.220 e. The molecule has 90 heavy (non-hydrogen) atoms. The van der Waals surface area contributed by atoms with Crippen LogP contribution in [0.25, 0.3) is 0 Å². The van der Waals surface area contributed by atoms with Crippen molar-refractivity contribution in [2.75, 3.05) is 13.2 Å². The van der Waals surface area contributed by atoms with E-state index in [9.17, 15) is 30.3 Å². The number of unbranched alkanes of at least 4 members (excludes halogenated alkanes) is 61. The van der Waals surface area contributed by atoms with Crippen LogP contribution in [-0.2, 0) is 14.3 Å². The first-order valence-corrected chi connectivity index (χ1v) is 40.6. The lowest BCUT2D eigenvalue weighted by molar-refractivity contribution is -0.302. The monoisotopic (exact) mass is 1270 g/mol. The van der Waals surface area contributed by atoms with E-state index in [4.69, 9.17) is 9.47 Å². The molecule has 1 rings (SSSR count). The number of hydrogen-bond acceptors (Lipinski definition) is 8. The zero-order chi connectivity index (χ0) is 64.9. The van der Waals surface area contributed by atoms with E-state index in [0.717, 1.165) is 38.5 Å². The molecule has 0 aromatic rings. The van der Waals surface area contributed by atoms with Gasteiger partial charge in [0.05, 0.1) is 25.4 Å². The fraction of sp³-hybridized carbons (Fsp3) is 0.938. The minimum Gasteiger partial charge on any atom is -0.394 e. The Labute approximate surface area is 559 Å². The third-order valence-corrected chi connectivity index (χ3v) is 19.8. The number of carbonyl (C=O) groups is 1. The highest BCUT2D eigenvalue weighted by molar-refractivity contribution is 5.76. The Bertz CT molecular complexity index is 1480. The Morgan fingerprint density at radius 1 is 0.367 bits per heavy atom. The van der Waals surface area contributed by atoms with Gasteiger partial charge in [-0.25, -0.2) is 0 Å². The summed E-state index contributed by atoms with van der Waals surface area (Å²) in [7, 11) is 0. The zero-order valence-electron chi connectivity index (χ0n) is 60.2. The molecule has 1 heterocycles. The molecule has 534 valence electrons. The zero-order valence-corrected chi connectivity index (χ0v) is 60.2. The van der Waals surface area contributed by atoms with Crippen LogP contribution >= 0.6 is 0 Å². The maximum atomic E-state index is 13.2. The van der Waals surface area contributed by atoms with Gasteiger partial charge in [0.25, 0.3) is 0 Å². The van der Waals surface area contributed by atoms with Crippen molar-refractivity contribution in [1.82, 2.24) is 5.32 Å². The molecule has 1 fully saturated rings. The van der Waals surface area contributed by atoms with Crippen molar-refractivity contribution < 1.29 is 39.8 Å². The van der Waals surface area contributed by atoms with Crippen molar-refractivity contribution in [3.8, 4) is 0 Å². The molecule has 9 heteroatoms. The molecular formula is C81H157NO8. The van der Waals surface area contributed by atoms with Gasteiger partial charge in [-0.05, 0) is 32.1 Å².